The number of benzene rings is 1. The minimum Gasteiger partial charge on any atom is -0.382 e. The molecular weight excluding hydrogens is 222 g/mol. The molecule has 1 aliphatic heterocycles. The molecule has 0 amide bonds. The second kappa shape index (κ2) is 6.24. The molecule has 1 saturated heterocycles. The molecule has 3 unspecified atom stereocenters. The highest BCUT2D eigenvalue weighted by Gasteiger charge is 2.18. The number of nitrogens with one attached hydrogen (secondary N) is 1. The summed E-state index contributed by atoms with van der Waals surface area (Å²) >= 11 is 0. The van der Waals surface area contributed by atoms with Gasteiger partial charge in [-0.25, -0.2) is 0 Å². The van der Waals surface area contributed by atoms with Crippen LogP contribution in [0.25, 0.3) is 0 Å². The third kappa shape index (κ3) is 3.49. The third-order valence-electron chi connectivity index (χ3n) is 3.95. The van der Waals surface area contributed by atoms with E-state index in [1.807, 2.05) is 0 Å². The first-order chi connectivity index (χ1) is 8.69. The lowest BCUT2D eigenvalue weighted by molar-refractivity contribution is 0.0232. The summed E-state index contributed by atoms with van der Waals surface area (Å²) < 4.78 is 5.57. The van der Waals surface area contributed by atoms with Gasteiger partial charge in [-0.15, -0.1) is 0 Å². The standard InChI is InChI=1S/C16H25NO/c1-4-12(2)14-5-7-15(8-6-14)17-16-9-10-18-13(3)11-16/h5-8,12-13,16-17H,4,9-11H2,1-3H3. The predicted octanol–water partition coefficient (Wildman–Crippen LogP) is 4.18. The van der Waals surface area contributed by atoms with Crippen LogP contribution in [0.4, 0.5) is 5.69 Å². The molecule has 0 spiro atoms. The zero-order valence-corrected chi connectivity index (χ0v) is 11.8. The molecule has 100 valence electrons. The number of rotatable bonds is 4. The summed E-state index contributed by atoms with van der Waals surface area (Å²) in [6.45, 7) is 7.55. The van der Waals surface area contributed by atoms with Gasteiger partial charge >= 0.3 is 0 Å². The maximum atomic E-state index is 5.57. The van der Waals surface area contributed by atoms with E-state index in [0.29, 0.717) is 18.1 Å². The Morgan fingerprint density at radius 3 is 2.67 bits per heavy atom. The van der Waals surface area contributed by atoms with Crippen molar-refractivity contribution in [2.24, 2.45) is 0 Å². The molecule has 2 rings (SSSR count). The van der Waals surface area contributed by atoms with Crippen LogP contribution in [-0.4, -0.2) is 18.8 Å². The van der Waals surface area contributed by atoms with Gasteiger partial charge in [0.25, 0.3) is 0 Å². The maximum absolute atomic E-state index is 5.57. The highest BCUT2D eigenvalue weighted by molar-refractivity contribution is 5.46. The molecule has 1 N–H and O–H groups in total. The second-order valence-electron chi connectivity index (χ2n) is 5.48. The van der Waals surface area contributed by atoms with E-state index in [0.717, 1.165) is 19.4 Å². The fourth-order valence-electron chi connectivity index (χ4n) is 2.51. The molecule has 0 radical (unpaired) electrons. The van der Waals surface area contributed by atoms with E-state index in [1.54, 1.807) is 0 Å². The van der Waals surface area contributed by atoms with Crippen LogP contribution in [0.1, 0.15) is 51.5 Å². The number of ether oxygens (including phenoxy) is 1. The Labute approximate surface area is 111 Å². The van der Waals surface area contributed by atoms with Gasteiger partial charge in [0.1, 0.15) is 0 Å². The summed E-state index contributed by atoms with van der Waals surface area (Å²) in [5.41, 5.74) is 2.67. The van der Waals surface area contributed by atoms with Gasteiger partial charge in [0, 0.05) is 18.3 Å². The summed E-state index contributed by atoms with van der Waals surface area (Å²) in [7, 11) is 0. The quantitative estimate of drug-likeness (QED) is 0.861. The van der Waals surface area contributed by atoms with Gasteiger partial charge in [-0.3, -0.25) is 0 Å². The van der Waals surface area contributed by atoms with E-state index < -0.39 is 0 Å². The Hall–Kier alpha value is -1.02. The molecule has 3 atom stereocenters. The molecule has 1 heterocycles. The lowest BCUT2D eigenvalue weighted by atomic mass is 9.98. The monoisotopic (exact) mass is 247 g/mol. The van der Waals surface area contributed by atoms with E-state index in [1.165, 1.54) is 17.7 Å². The second-order valence-corrected chi connectivity index (χ2v) is 5.48. The minimum absolute atomic E-state index is 0.385. The highest BCUT2D eigenvalue weighted by atomic mass is 16.5. The van der Waals surface area contributed by atoms with Gasteiger partial charge in [0.15, 0.2) is 0 Å². The fourth-order valence-corrected chi connectivity index (χ4v) is 2.51. The van der Waals surface area contributed by atoms with E-state index in [9.17, 15) is 0 Å². The molecule has 0 saturated carbocycles. The lowest BCUT2D eigenvalue weighted by Gasteiger charge is -2.28. The van der Waals surface area contributed by atoms with Crippen molar-refractivity contribution < 1.29 is 4.74 Å². The van der Waals surface area contributed by atoms with E-state index in [4.69, 9.17) is 4.74 Å². The first kappa shape index (κ1) is 13.4. The van der Waals surface area contributed by atoms with Crippen LogP contribution >= 0.6 is 0 Å². The van der Waals surface area contributed by atoms with Crippen LogP contribution < -0.4 is 5.32 Å². The molecule has 1 aromatic carbocycles. The fraction of sp³-hybridized carbons (Fsp3) is 0.625. The van der Waals surface area contributed by atoms with Crippen molar-refractivity contribution in [1.82, 2.24) is 0 Å². The third-order valence-corrected chi connectivity index (χ3v) is 3.95. The average molecular weight is 247 g/mol. The zero-order valence-electron chi connectivity index (χ0n) is 11.8. The van der Waals surface area contributed by atoms with Crippen molar-refractivity contribution in [2.75, 3.05) is 11.9 Å². The van der Waals surface area contributed by atoms with Gasteiger partial charge in [-0.05, 0) is 49.8 Å². The Morgan fingerprint density at radius 1 is 1.33 bits per heavy atom. The van der Waals surface area contributed by atoms with Crippen molar-refractivity contribution in [2.45, 2.75) is 58.1 Å². The zero-order chi connectivity index (χ0) is 13.0. The summed E-state index contributed by atoms with van der Waals surface area (Å²) in [5, 5.41) is 3.62. The van der Waals surface area contributed by atoms with Crippen LogP contribution in [0, 0.1) is 0 Å². The normalized spacial score (nSPS) is 25.7. The molecule has 1 aromatic rings. The van der Waals surface area contributed by atoms with Gasteiger partial charge in [0.2, 0.25) is 0 Å². The smallest absolute Gasteiger partial charge is 0.0566 e. The van der Waals surface area contributed by atoms with Crippen LogP contribution in [0.5, 0.6) is 0 Å². The van der Waals surface area contributed by atoms with Crippen molar-refractivity contribution in [1.29, 1.82) is 0 Å². The van der Waals surface area contributed by atoms with Gasteiger partial charge in [0.05, 0.1) is 6.10 Å². The number of anilines is 1. The van der Waals surface area contributed by atoms with Gasteiger partial charge in [-0.1, -0.05) is 26.0 Å². The summed E-state index contributed by atoms with van der Waals surface area (Å²) in [4.78, 5) is 0. The van der Waals surface area contributed by atoms with Crippen LogP contribution in [0.15, 0.2) is 24.3 Å². The van der Waals surface area contributed by atoms with Crippen LogP contribution in [-0.2, 0) is 4.74 Å². The van der Waals surface area contributed by atoms with E-state index in [-0.39, 0.29) is 0 Å². The molecule has 2 nitrogen and oxygen atoms in total. The average Bonchev–Trinajstić information content (AvgIpc) is 2.39. The Morgan fingerprint density at radius 2 is 2.06 bits per heavy atom. The first-order valence-corrected chi connectivity index (χ1v) is 7.17. The topological polar surface area (TPSA) is 21.3 Å². The van der Waals surface area contributed by atoms with Crippen molar-refractivity contribution >= 4 is 5.69 Å². The molecule has 18 heavy (non-hydrogen) atoms. The predicted molar refractivity (Wildman–Crippen MR) is 77.2 cm³/mol. The van der Waals surface area contributed by atoms with Crippen molar-refractivity contribution in [3.05, 3.63) is 29.8 Å². The summed E-state index contributed by atoms with van der Waals surface area (Å²) in [6, 6.07) is 9.48. The summed E-state index contributed by atoms with van der Waals surface area (Å²) in [5.74, 6) is 0.655. The molecule has 1 aliphatic rings. The minimum atomic E-state index is 0.385. The lowest BCUT2D eigenvalue weighted by Crippen LogP contribution is -2.32. The molecule has 0 aliphatic carbocycles. The Balaban J connectivity index is 1.93. The van der Waals surface area contributed by atoms with Crippen molar-refractivity contribution in [3.63, 3.8) is 0 Å². The van der Waals surface area contributed by atoms with Gasteiger partial charge in [-0.2, -0.15) is 0 Å². The molecule has 0 aromatic heterocycles. The number of hydrogen-bond donors (Lipinski definition) is 1. The van der Waals surface area contributed by atoms with E-state index in [2.05, 4.69) is 50.4 Å². The maximum Gasteiger partial charge on any atom is 0.0566 e. The van der Waals surface area contributed by atoms with Crippen LogP contribution in [0.2, 0.25) is 0 Å². The Kier molecular flexibility index (Phi) is 4.65. The molecule has 2 heteroatoms. The summed E-state index contributed by atoms with van der Waals surface area (Å²) in [6.07, 6.45) is 3.80. The molecule has 0 bridgehead atoms. The largest absolute Gasteiger partial charge is 0.382 e. The number of hydrogen-bond acceptors (Lipinski definition) is 2. The highest BCUT2D eigenvalue weighted by Crippen LogP contribution is 2.22. The SMILES string of the molecule is CCC(C)c1ccc(NC2CCOC(C)C2)cc1. The molecular formula is C16H25NO. The van der Waals surface area contributed by atoms with Crippen LogP contribution in [0.3, 0.4) is 0 Å². The van der Waals surface area contributed by atoms with E-state index >= 15 is 0 Å². The molecule has 1 fully saturated rings. The first-order valence-electron chi connectivity index (χ1n) is 7.17. The van der Waals surface area contributed by atoms with Gasteiger partial charge < -0.3 is 10.1 Å². The Bertz CT molecular complexity index is 360. The van der Waals surface area contributed by atoms with Crippen molar-refractivity contribution in [3.8, 4) is 0 Å².